The molecule has 1 unspecified atom stereocenters. The summed E-state index contributed by atoms with van der Waals surface area (Å²) in [6, 6.07) is -0.0201. The lowest BCUT2D eigenvalue weighted by Crippen LogP contribution is -2.47. The number of halogens is 1. The maximum absolute atomic E-state index is 12.0. The Morgan fingerprint density at radius 1 is 1.18 bits per heavy atom. The summed E-state index contributed by atoms with van der Waals surface area (Å²) < 4.78 is 5.35. The minimum Gasteiger partial charge on any atom is -0.444 e. The van der Waals surface area contributed by atoms with Crippen molar-refractivity contribution in [2.45, 2.75) is 66.0 Å². The van der Waals surface area contributed by atoms with Gasteiger partial charge in [0.1, 0.15) is 5.60 Å². The number of nitrogens with zero attached hydrogens (tertiary/aromatic N) is 2. The molecular formula is C19H40IN5O3. The lowest BCUT2D eigenvalue weighted by Gasteiger charge is -2.28. The van der Waals surface area contributed by atoms with Crippen molar-refractivity contribution in [3.8, 4) is 0 Å². The molecular weight excluding hydrogens is 473 g/mol. The molecule has 0 bridgehead atoms. The molecule has 0 aromatic heterocycles. The van der Waals surface area contributed by atoms with Gasteiger partial charge < -0.3 is 25.6 Å². The first-order chi connectivity index (χ1) is 12.5. The highest BCUT2D eigenvalue weighted by molar-refractivity contribution is 14.0. The largest absolute Gasteiger partial charge is 0.444 e. The van der Waals surface area contributed by atoms with E-state index in [0.717, 1.165) is 12.8 Å². The summed E-state index contributed by atoms with van der Waals surface area (Å²) >= 11 is 0. The summed E-state index contributed by atoms with van der Waals surface area (Å²) in [4.78, 5) is 29.9. The van der Waals surface area contributed by atoms with E-state index in [1.165, 1.54) is 0 Å². The SMILES string of the molecule is CCCNC(=O)CNC(=NC)N(C)CCC(NC(=O)OC(C)(C)C)C(C)C.I. The highest BCUT2D eigenvalue weighted by Gasteiger charge is 2.22. The van der Waals surface area contributed by atoms with E-state index in [2.05, 4.69) is 34.8 Å². The zero-order valence-corrected chi connectivity index (χ0v) is 21.0. The zero-order chi connectivity index (χ0) is 21.0. The third-order valence-corrected chi connectivity index (χ3v) is 3.83. The number of hydrogen-bond acceptors (Lipinski definition) is 4. The summed E-state index contributed by atoms with van der Waals surface area (Å²) in [6.45, 7) is 13.2. The van der Waals surface area contributed by atoms with Crippen LogP contribution in [0.15, 0.2) is 4.99 Å². The van der Waals surface area contributed by atoms with Crippen LogP contribution in [0.2, 0.25) is 0 Å². The Morgan fingerprint density at radius 2 is 1.79 bits per heavy atom. The van der Waals surface area contributed by atoms with Gasteiger partial charge in [-0.15, -0.1) is 24.0 Å². The molecule has 28 heavy (non-hydrogen) atoms. The maximum atomic E-state index is 12.0. The second kappa shape index (κ2) is 14.7. The van der Waals surface area contributed by atoms with Crippen LogP contribution in [0.5, 0.6) is 0 Å². The molecule has 166 valence electrons. The van der Waals surface area contributed by atoms with Crippen LogP contribution >= 0.6 is 24.0 Å². The Hall–Kier alpha value is -1.26. The van der Waals surface area contributed by atoms with E-state index in [1.807, 2.05) is 39.6 Å². The molecule has 0 aliphatic carbocycles. The first-order valence-corrected chi connectivity index (χ1v) is 9.68. The number of amides is 2. The van der Waals surface area contributed by atoms with Gasteiger partial charge in [0.05, 0.1) is 6.54 Å². The van der Waals surface area contributed by atoms with Gasteiger partial charge in [-0.25, -0.2) is 4.79 Å². The first kappa shape index (κ1) is 28.9. The second-order valence-electron chi connectivity index (χ2n) is 7.96. The maximum Gasteiger partial charge on any atom is 0.407 e. The molecule has 0 spiro atoms. The van der Waals surface area contributed by atoms with E-state index in [4.69, 9.17) is 4.74 Å². The van der Waals surface area contributed by atoms with Gasteiger partial charge in [0.2, 0.25) is 5.91 Å². The van der Waals surface area contributed by atoms with E-state index in [0.29, 0.717) is 19.0 Å². The van der Waals surface area contributed by atoms with Crippen molar-refractivity contribution in [1.82, 2.24) is 20.9 Å². The molecule has 3 N–H and O–H groups in total. The molecule has 0 rings (SSSR count). The molecule has 0 radical (unpaired) electrons. The summed E-state index contributed by atoms with van der Waals surface area (Å²) in [5.74, 6) is 0.847. The third-order valence-electron chi connectivity index (χ3n) is 3.83. The fraction of sp³-hybridized carbons (Fsp3) is 0.842. The number of carbonyl (C=O) groups excluding carboxylic acids is 2. The van der Waals surface area contributed by atoms with Crippen molar-refractivity contribution < 1.29 is 14.3 Å². The van der Waals surface area contributed by atoms with Crippen molar-refractivity contribution in [3.63, 3.8) is 0 Å². The van der Waals surface area contributed by atoms with Crippen LogP contribution in [0, 0.1) is 5.92 Å². The molecule has 0 fully saturated rings. The quantitative estimate of drug-likeness (QED) is 0.250. The van der Waals surface area contributed by atoms with Crippen LogP contribution in [0.1, 0.15) is 54.4 Å². The van der Waals surface area contributed by atoms with Crippen molar-refractivity contribution in [2.24, 2.45) is 10.9 Å². The van der Waals surface area contributed by atoms with Gasteiger partial charge in [-0.1, -0.05) is 20.8 Å². The van der Waals surface area contributed by atoms with Crippen molar-refractivity contribution in [2.75, 3.05) is 33.7 Å². The van der Waals surface area contributed by atoms with Crippen LogP contribution in [0.25, 0.3) is 0 Å². The number of carbonyl (C=O) groups is 2. The van der Waals surface area contributed by atoms with Gasteiger partial charge in [-0.3, -0.25) is 9.79 Å². The average Bonchev–Trinajstić information content (AvgIpc) is 2.55. The zero-order valence-electron chi connectivity index (χ0n) is 18.7. The molecule has 2 amide bonds. The van der Waals surface area contributed by atoms with Crippen LogP contribution in [0.4, 0.5) is 4.79 Å². The van der Waals surface area contributed by atoms with Crippen molar-refractivity contribution >= 4 is 41.9 Å². The minimum atomic E-state index is -0.521. The summed E-state index contributed by atoms with van der Waals surface area (Å²) in [5.41, 5.74) is -0.521. The topological polar surface area (TPSA) is 95.1 Å². The minimum absolute atomic E-state index is 0. The Labute approximate surface area is 187 Å². The monoisotopic (exact) mass is 513 g/mol. The number of ether oxygens (including phenoxy) is 1. The second-order valence-corrected chi connectivity index (χ2v) is 7.96. The number of hydrogen-bond donors (Lipinski definition) is 3. The smallest absolute Gasteiger partial charge is 0.407 e. The molecule has 0 heterocycles. The lowest BCUT2D eigenvalue weighted by molar-refractivity contribution is -0.120. The Balaban J connectivity index is 0. The van der Waals surface area contributed by atoms with E-state index in [9.17, 15) is 9.59 Å². The average molecular weight is 513 g/mol. The molecule has 0 aromatic rings. The summed E-state index contributed by atoms with van der Waals surface area (Å²) in [7, 11) is 3.59. The normalized spacial score (nSPS) is 12.7. The van der Waals surface area contributed by atoms with Gasteiger partial charge >= 0.3 is 6.09 Å². The number of rotatable bonds is 9. The highest BCUT2D eigenvalue weighted by atomic mass is 127. The molecule has 0 aliphatic heterocycles. The van der Waals surface area contributed by atoms with E-state index < -0.39 is 11.7 Å². The molecule has 9 heteroatoms. The van der Waals surface area contributed by atoms with Gasteiger partial charge in [-0.2, -0.15) is 0 Å². The number of guanidine groups is 1. The number of aliphatic imine (C=N–C) groups is 1. The fourth-order valence-electron chi connectivity index (χ4n) is 2.34. The van der Waals surface area contributed by atoms with E-state index in [1.54, 1.807) is 7.05 Å². The van der Waals surface area contributed by atoms with Gasteiger partial charge in [0.25, 0.3) is 0 Å². The van der Waals surface area contributed by atoms with Gasteiger partial charge in [0.15, 0.2) is 5.96 Å². The Kier molecular flexibility index (Phi) is 15.2. The molecule has 0 saturated carbocycles. The fourth-order valence-corrected chi connectivity index (χ4v) is 2.34. The third kappa shape index (κ3) is 13.8. The summed E-state index contributed by atoms with van der Waals surface area (Å²) in [6.07, 6.45) is 1.23. The predicted octanol–water partition coefficient (Wildman–Crippen LogP) is 2.58. The van der Waals surface area contributed by atoms with Gasteiger partial charge in [-0.05, 0) is 39.5 Å². The van der Waals surface area contributed by atoms with E-state index >= 15 is 0 Å². The molecule has 0 aliphatic rings. The molecule has 0 aromatic carbocycles. The highest BCUT2D eigenvalue weighted by Crippen LogP contribution is 2.11. The number of alkyl carbamates (subject to hydrolysis) is 1. The van der Waals surface area contributed by atoms with Gasteiger partial charge in [0, 0.05) is 33.2 Å². The molecule has 0 saturated heterocycles. The van der Waals surface area contributed by atoms with Crippen LogP contribution in [-0.2, 0) is 9.53 Å². The summed E-state index contributed by atoms with van der Waals surface area (Å²) in [5, 5.41) is 8.82. The predicted molar refractivity (Wildman–Crippen MR) is 125 cm³/mol. The van der Waals surface area contributed by atoms with Crippen molar-refractivity contribution in [1.29, 1.82) is 0 Å². The molecule has 8 nitrogen and oxygen atoms in total. The number of nitrogens with one attached hydrogen (secondary N) is 3. The van der Waals surface area contributed by atoms with Crippen LogP contribution in [0.3, 0.4) is 0 Å². The van der Waals surface area contributed by atoms with Crippen LogP contribution < -0.4 is 16.0 Å². The lowest BCUT2D eigenvalue weighted by atomic mass is 10.0. The van der Waals surface area contributed by atoms with Crippen LogP contribution in [-0.4, -0.2) is 68.2 Å². The molecule has 1 atom stereocenters. The van der Waals surface area contributed by atoms with Crippen molar-refractivity contribution in [3.05, 3.63) is 0 Å². The standard InChI is InChI=1S/C19H39N5O3.HI/c1-9-11-21-16(25)13-22-17(20-7)24(8)12-10-15(14(2)3)23-18(26)27-19(4,5)6;/h14-15H,9-13H2,1-8H3,(H,20,22)(H,21,25)(H,23,26);1H. The Bertz CT molecular complexity index is 492. The Morgan fingerprint density at radius 3 is 2.25 bits per heavy atom. The first-order valence-electron chi connectivity index (χ1n) is 9.68. The van der Waals surface area contributed by atoms with E-state index in [-0.39, 0.29) is 48.4 Å².